The number of ether oxygens (including phenoxy) is 2. The zero-order chi connectivity index (χ0) is 18.2. The second-order valence-corrected chi connectivity index (χ2v) is 5.67. The minimum atomic E-state index is -0.299. The number of anilines is 1. The average molecular weight is 367 g/mol. The second-order valence-electron chi connectivity index (χ2n) is 5.27. The molecule has 0 fully saturated rings. The summed E-state index contributed by atoms with van der Waals surface area (Å²) in [7, 11) is 3.07. The van der Waals surface area contributed by atoms with E-state index in [2.05, 4.69) is 10.6 Å². The van der Waals surface area contributed by atoms with Gasteiger partial charge in [-0.15, -0.1) is 0 Å². The molecule has 134 valence electrons. The van der Waals surface area contributed by atoms with Crippen LogP contribution in [-0.4, -0.2) is 26.7 Å². The minimum absolute atomic E-state index is 0.114. The molecule has 0 saturated carbocycles. The van der Waals surface area contributed by atoms with E-state index in [9.17, 15) is 9.18 Å². The maximum atomic E-state index is 12.8. The maximum absolute atomic E-state index is 12.8. The molecule has 7 heteroatoms. The van der Waals surface area contributed by atoms with Gasteiger partial charge in [0.15, 0.2) is 0 Å². The summed E-state index contributed by atoms with van der Waals surface area (Å²) in [5.41, 5.74) is 1.53. The van der Waals surface area contributed by atoms with Crippen molar-refractivity contribution in [2.24, 2.45) is 0 Å². The summed E-state index contributed by atoms with van der Waals surface area (Å²) in [6.07, 6.45) is 0.273. The fraction of sp³-hybridized carbons (Fsp3) is 0.278. The van der Waals surface area contributed by atoms with Crippen molar-refractivity contribution in [3.8, 4) is 11.5 Å². The van der Waals surface area contributed by atoms with Gasteiger partial charge < -0.3 is 20.1 Å². The quantitative estimate of drug-likeness (QED) is 0.749. The minimum Gasteiger partial charge on any atom is -0.495 e. The van der Waals surface area contributed by atoms with Crippen LogP contribution in [0.4, 0.5) is 10.1 Å². The van der Waals surface area contributed by atoms with E-state index in [1.54, 1.807) is 31.4 Å². The molecule has 0 spiro atoms. The lowest BCUT2D eigenvalue weighted by Crippen LogP contribution is -2.24. The molecule has 0 bridgehead atoms. The van der Waals surface area contributed by atoms with E-state index in [1.165, 1.54) is 19.2 Å². The Morgan fingerprint density at radius 3 is 2.44 bits per heavy atom. The Hall–Kier alpha value is -2.47. The molecule has 25 heavy (non-hydrogen) atoms. The van der Waals surface area contributed by atoms with Crippen molar-refractivity contribution in [3.05, 3.63) is 52.8 Å². The Morgan fingerprint density at radius 1 is 1.12 bits per heavy atom. The van der Waals surface area contributed by atoms with E-state index in [-0.39, 0.29) is 18.1 Å². The Balaban J connectivity index is 1.83. The normalized spacial score (nSPS) is 10.2. The average Bonchev–Trinajstić information content (AvgIpc) is 2.62. The molecule has 2 N–H and O–H groups in total. The maximum Gasteiger partial charge on any atom is 0.222 e. The monoisotopic (exact) mass is 366 g/mol. The Labute approximate surface area is 151 Å². The van der Waals surface area contributed by atoms with Gasteiger partial charge in [0.1, 0.15) is 17.3 Å². The number of benzene rings is 2. The SMILES string of the molecule is COc1cc(NCCC(=O)NCc2ccc(F)cc2)c(OC)cc1Cl. The van der Waals surface area contributed by atoms with Gasteiger partial charge in [-0.05, 0) is 17.7 Å². The van der Waals surface area contributed by atoms with E-state index < -0.39 is 0 Å². The smallest absolute Gasteiger partial charge is 0.222 e. The molecule has 0 heterocycles. The third-order valence-electron chi connectivity index (χ3n) is 3.54. The van der Waals surface area contributed by atoms with Gasteiger partial charge in [-0.2, -0.15) is 0 Å². The molecule has 0 aliphatic rings. The van der Waals surface area contributed by atoms with E-state index in [0.29, 0.717) is 35.3 Å². The van der Waals surface area contributed by atoms with Crippen LogP contribution >= 0.6 is 11.6 Å². The predicted octanol–water partition coefficient (Wildman–Crippen LogP) is 3.61. The molecule has 0 aliphatic heterocycles. The van der Waals surface area contributed by atoms with E-state index >= 15 is 0 Å². The van der Waals surface area contributed by atoms with Gasteiger partial charge in [0.05, 0.1) is 24.9 Å². The van der Waals surface area contributed by atoms with Crippen molar-refractivity contribution < 1.29 is 18.7 Å². The van der Waals surface area contributed by atoms with Crippen molar-refractivity contribution in [2.75, 3.05) is 26.1 Å². The van der Waals surface area contributed by atoms with Crippen LogP contribution in [0.15, 0.2) is 36.4 Å². The van der Waals surface area contributed by atoms with Crippen molar-refractivity contribution >= 4 is 23.2 Å². The molecule has 0 unspecified atom stereocenters. The van der Waals surface area contributed by atoms with Crippen LogP contribution in [0.3, 0.4) is 0 Å². The topological polar surface area (TPSA) is 59.6 Å². The van der Waals surface area contributed by atoms with Crippen molar-refractivity contribution in [3.63, 3.8) is 0 Å². The molecular formula is C18H20ClFN2O3. The Morgan fingerprint density at radius 2 is 1.80 bits per heavy atom. The molecule has 2 aromatic carbocycles. The summed E-state index contributed by atoms with van der Waals surface area (Å²) in [6, 6.07) is 9.37. The molecule has 0 saturated heterocycles. The molecule has 0 atom stereocenters. The number of carbonyl (C=O) groups excluding carboxylic acids is 1. The summed E-state index contributed by atoms with van der Waals surface area (Å²) < 4.78 is 23.3. The van der Waals surface area contributed by atoms with E-state index in [0.717, 1.165) is 5.56 Å². The molecule has 2 aromatic rings. The number of methoxy groups -OCH3 is 2. The Bertz CT molecular complexity index is 723. The van der Waals surface area contributed by atoms with Crippen molar-refractivity contribution in [1.82, 2.24) is 5.32 Å². The van der Waals surface area contributed by atoms with Gasteiger partial charge in [-0.25, -0.2) is 4.39 Å². The number of rotatable bonds is 8. The first-order chi connectivity index (χ1) is 12.0. The van der Waals surface area contributed by atoms with Crippen molar-refractivity contribution in [2.45, 2.75) is 13.0 Å². The van der Waals surface area contributed by atoms with E-state index in [1.807, 2.05) is 0 Å². The van der Waals surface area contributed by atoms with E-state index in [4.69, 9.17) is 21.1 Å². The van der Waals surface area contributed by atoms with Crippen LogP contribution < -0.4 is 20.1 Å². The highest BCUT2D eigenvalue weighted by atomic mass is 35.5. The number of hydrogen-bond donors (Lipinski definition) is 2. The van der Waals surface area contributed by atoms with Gasteiger partial charge in [-0.3, -0.25) is 4.79 Å². The van der Waals surface area contributed by atoms with Crippen LogP contribution in [0, 0.1) is 5.82 Å². The largest absolute Gasteiger partial charge is 0.495 e. The zero-order valence-corrected chi connectivity index (χ0v) is 14.8. The number of carbonyl (C=O) groups is 1. The standard InChI is InChI=1S/C18H20ClFN2O3/c1-24-16-10-15(17(25-2)9-14(16)19)21-8-7-18(23)22-11-12-3-5-13(20)6-4-12/h3-6,9-10,21H,7-8,11H2,1-2H3,(H,22,23). The third-order valence-corrected chi connectivity index (χ3v) is 3.84. The lowest BCUT2D eigenvalue weighted by Gasteiger charge is -2.14. The highest BCUT2D eigenvalue weighted by molar-refractivity contribution is 6.32. The number of halogens is 2. The predicted molar refractivity (Wildman–Crippen MR) is 95.9 cm³/mol. The Kier molecular flexibility index (Phi) is 6.89. The summed E-state index contributed by atoms with van der Waals surface area (Å²) >= 11 is 6.05. The van der Waals surface area contributed by atoms with Crippen LogP contribution in [0.1, 0.15) is 12.0 Å². The van der Waals surface area contributed by atoms with Gasteiger partial charge >= 0.3 is 0 Å². The molecule has 0 aromatic heterocycles. The summed E-state index contributed by atoms with van der Waals surface area (Å²) in [4.78, 5) is 11.9. The fourth-order valence-corrected chi connectivity index (χ4v) is 2.43. The summed E-state index contributed by atoms with van der Waals surface area (Å²) in [6.45, 7) is 0.771. The molecule has 0 radical (unpaired) electrons. The fourth-order valence-electron chi connectivity index (χ4n) is 2.20. The van der Waals surface area contributed by atoms with Crippen molar-refractivity contribution in [1.29, 1.82) is 0 Å². The first-order valence-electron chi connectivity index (χ1n) is 7.70. The lowest BCUT2D eigenvalue weighted by molar-refractivity contribution is -0.121. The first-order valence-corrected chi connectivity index (χ1v) is 8.08. The van der Waals surface area contributed by atoms with Crippen LogP contribution in [0.25, 0.3) is 0 Å². The highest BCUT2D eigenvalue weighted by Gasteiger charge is 2.10. The second kappa shape index (κ2) is 9.13. The number of hydrogen-bond acceptors (Lipinski definition) is 4. The summed E-state index contributed by atoms with van der Waals surface area (Å²) in [5.74, 6) is 0.673. The van der Waals surface area contributed by atoms with Gasteiger partial charge in [-0.1, -0.05) is 23.7 Å². The molecule has 5 nitrogen and oxygen atoms in total. The van der Waals surface area contributed by atoms with Crippen LogP contribution in [-0.2, 0) is 11.3 Å². The zero-order valence-electron chi connectivity index (χ0n) is 14.1. The van der Waals surface area contributed by atoms with Gasteiger partial charge in [0.2, 0.25) is 5.91 Å². The molecule has 1 amide bonds. The first kappa shape index (κ1) is 18.9. The number of amides is 1. The van der Waals surface area contributed by atoms with Gasteiger partial charge in [0.25, 0.3) is 0 Å². The highest BCUT2D eigenvalue weighted by Crippen LogP contribution is 2.35. The third kappa shape index (κ3) is 5.53. The number of nitrogens with one attached hydrogen (secondary N) is 2. The molecule has 2 rings (SSSR count). The lowest BCUT2D eigenvalue weighted by atomic mass is 10.2. The molecule has 0 aliphatic carbocycles. The molecular weight excluding hydrogens is 347 g/mol. The summed E-state index contributed by atoms with van der Waals surface area (Å²) in [5, 5.41) is 6.36. The van der Waals surface area contributed by atoms with Crippen LogP contribution in [0.5, 0.6) is 11.5 Å². The van der Waals surface area contributed by atoms with Crippen LogP contribution in [0.2, 0.25) is 5.02 Å². The van der Waals surface area contributed by atoms with Gasteiger partial charge in [0, 0.05) is 31.6 Å².